The van der Waals surface area contributed by atoms with Crippen molar-refractivity contribution in [1.82, 2.24) is 10.2 Å². The predicted octanol–water partition coefficient (Wildman–Crippen LogP) is 1.87. The zero-order chi connectivity index (χ0) is 12.5. The second kappa shape index (κ2) is 4.46. The van der Waals surface area contributed by atoms with Crippen molar-refractivity contribution < 1.29 is 9.21 Å². The van der Waals surface area contributed by atoms with Crippen molar-refractivity contribution in [3.05, 3.63) is 36.1 Å². The van der Waals surface area contributed by atoms with Crippen molar-refractivity contribution in [3.8, 4) is 0 Å². The number of amides is 1. The van der Waals surface area contributed by atoms with Gasteiger partial charge in [-0.05, 0) is 13.0 Å². The molecule has 1 atom stereocenters. The van der Waals surface area contributed by atoms with Gasteiger partial charge in [0.05, 0.1) is 5.56 Å². The minimum Gasteiger partial charge on any atom is -0.463 e. The number of nitrogens with zero attached hydrogens (tertiary/aromatic N) is 1. The van der Waals surface area contributed by atoms with Crippen LogP contribution >= 0.6 is 0 Å². The molecule has 94 valence electrons. The van der Waals surface area contributed by atoms with Gasteiger partial charge >= 0.3 is 0 Å². The van der Waals surface area contributed by atoms with E-state index in [2.05, 4.69) is 12.2 Å². The summed E-state index contributed by atoms with van der Waals surface area (Å²) in [6.45, 7) is 4.51. The van der Waals surface area contributed by atoms with Crippen LogP contribution in [0.25, 0.3) is 11.0 Å². The summed E-state index contributed by atoms with van der Waals surface area (Å²) in [4.78, 5) is 14.4. The molecule has 1 amide bonds. The number of nitrogens with one attached hydrogen (secondary N) is 1. The van der Waals surface area contributed by atoms with Gasteiger partial charge in [0, 0.05) is 31.1 Å². The maximum absolute atomic E-state index is 12.5. The fourth-order valence-corrected chi connectivity index (χ4v) is 2.44. The number of para-hydroxylation sites is 1. The SMILES string of the molecule is CC1CNCCN1C(=O)c1coc2ccccc12. The Hall–Kier alpha value is -1.81. The highest BCUT2D eigenvalue weighted by Gasteiger charge is 2.26. The number of fused-ring (bicyclic) bond motifs is 1. The molecule has 1 saturated heterocycles. The molecule has 4 heteroatoms. The summed E-state index contributed by atoms with van der Waals surface area (Å²) in [5.41, 5.74) is 1.43. The first-order valence-corrected chi connectivity index (χ1v) is 6.25. The van der Waals surface area contributed by atoms with Crippen molar-refractivity contribution in [2.75, 3.05) is 19.6 Å². The molecule has 1 N–H and O–H groups in total. The molecule has 0 saturated carbocycles. The van der Waals surface area contributed by atoms with Gasteiger partial charge in [-0.1, -0.05) is 18.2 Å². The summed E-state index contributed by atoms with van der Waals surface area (Å²) in [5, 5.41) is 4.18. The molecule has 0 spiro atoms. The van der Waals surface area contributed by atoms with Crippen LogP contribution in [0, 0.1) is 0 Å². The van der Waals surface area contributed by atoms with Crippen LogP contribution in [0.15, 0.2) is 34.9 Å². The first-order valence-electron chi connectivity index (χ1n) is 6.25. The highest BCUT2D eigenvalue weighted by Crippen LogP contribution is 2.23. The smallest absolute Gasteiger partial charge is 0.258 e. The molecule has 1 fully saturated rings. The van der Waals surface area contributed by atoms with Gasteiger partial charge in [0.25, 0.3) is 5.91 Å². The monoisotopic (exact) mass is 244 g/mol. The molecule has 2 aromatic rings. The Kier molecular flexibility index (Phi) is 2.80. The third kappa shape index (κ3) is 1.78. The van der Waals surface area contributed by atoms with E-state index >= 15 is 0 Å². The molecule has 0 aliphatic carbocycles. The zero-order valence-corrected chi connectivity index (χ0v) is 10.3. The fourth-order valence-electron chi connectivity index (χ4n) is 2.44. The lowest BCUT2D eigenvalue weighted by atomic mass is 10.1. The third-order valence-electron chi connectivity index (χ3n) is 3.47. The lowest BCUT2D eigenvalue weighted by Gasteiger charge is -2.33. The summed E-state index contributed by atoms with van der Waals surface area (Å²) in [6, 6.07) is 7.87. The Morgan fingerprint density at radius 1 is 1.44 bits per heavy atom. The van der Waals surface area contributed by atoms with Gasteiger partial charge in [0.2, 0.25) is 0 Å². The van der Waals surface area contributed by atoms with E-state index in [-0.39, 0.29) is 11.9 Å². The van der Waals surface area contributed by atoms with Crippen LogP contribution in [0.3, 0.4) is 0 Å². The van der Waals surface area contributed by atoms with Crippen LogP contribution in [-0.4, -0.2) is 36.5 Å². The maximum Gasteiger partial charge on any atom is 0.258 e. The van der Waals surface area contributed by atoms with E-state index in [1.54, 1.807) is 6.26 Å². The summed E-state index contributed by atoms with van der Waals surface area (Å²) in [7, 11) is 0. The quantitative estimate of drug-likeness (QED) is 0.833. The average molecular weight is 244 g/mol. The lowest BCUT2D eigenvalue weighted by Crippen LogP contribution is -2.52. The van der Waals surface area contributed by atoms with E-state index in [1.165, 1.54) is 0 Å². The highest BCUT2D eigenvalue weighted by atomic mass is 16.3. The van der Waals surface area contributed by atoms with Crippen LogP contribution in [0.1, 0.15) is 17.3 Å². The van der Waals surface area contributed by atoms with Crippen LogP contribution in [0.4, 0.5) is 0 Å². The molecule has 1 aromatic heterocycles. The molecule has 2 heterocycles. The number of carbonyl (C=O) groups excluding carboxylic acids is 1. The van der Waals surface area contributed by atoms with Gasteiger partial charge in [0.15, 0.2) is 0 Å². The molecule has 0 bridgehead atoms. The Balaban J connectivity index is 1.96. The number of carbonyl (C=O) groups is 1. The Bertz CT molecular complexity index is 576. The molecule has 3 rings (SSSR count). The first-order chi connectivity index (χ1) is 8.77. The zero-order valence-electron chi connectivity index (χ0n) is 10.3. The lowest BCUT2D eigenvalue weighted by molar-refractivity contribution is 0.0657. The number of rotatable bonds is 1. The number of benzene rings is 1. The standard InChI is InChI=1S/C14H16N2O2/c1-10-8-15-6-7-16(10)14(17)12-9-18-13-5-3-2-4-11(12)13/h2-5,9-10,15H,6-8H2,1H3. The number of furan rings is 1. The molecular formula is C14H16N2O2. The third-order valence-corrected chi connectivity index (χ3v) is 3.47. The second-order valence-electron chi connectivity index (χ2n) is 4.70. The maximum atomic E-state index is 12.5. The van der Waals surface area contributed by atoms with E-state index in [4.69, 9.17) is 4.42 Å². The molecule has 1 unspecified atom stereocenters. The van der Waals surface area contributed by atoms with Crippen LogP contribution < -0.4 is 5.32 Å². The Labute approximate surface area is 106 Å². The molecule has 1 aliphatic rings. The van der Waals surface area contributed by atoms with Crippen molar-refractivity contribution >= 4 is 16.9 Å². The van der Waals surface area contributed by atoms with Crippen molar-refractivity contribution in [1.29, 1.82) is 0 Å². The predicted molar refractivity (Wildman–Crippen MR) is 69.6 cm³/mol. The molecule has 1 aliphatic heterocycles. The molecule has 4 nitrogen and oxygen atoms in total. The van der Waals surface area contributed by atoms with Crippen molar-refractivity contribution in [3.63, 3.8) is 0 Å². The minimum atomic E-state index is 0.0638. The van der Waals surface area contributed by atoms with Gasteiger partial charge in [-0.3, -0.25) is 4.79 Å². The second-order valence-corrected chi connectivity index (χ2v) is 4.70. The van der Waals surface area contributed by atoms with Gasteiger partial charge in [-0.25, -0.2) is 0 Å². The Morgan fingerprint density at radius 2 is 2.28 bits per heavy atom. The summed E-state index contributed by atoms with van der Waals surface area (Å²) in [6.07, 6.45) is 1.57. The first kappa shape index (κ1) is 11.3. The fraction of sp³-hybridized carbons (Fsp3) is 0.357. The minimum absolute atomic E-state index is 0.0638. The van der Waals surface area contributed by atoms with Gasteiger partial charge in [-0.2, -0.15) is 0 Å². The molecule has 18 heavy (non-hydrogen) atoms. The van der Waals surface area contributed by atoms with Crippen LogP contribution in [-0.2, 0) is 0 Å². The van der Waals surface area contributed by atoms with Crippen molar-refractivity contribution in [2.24, 2.45) is 0 Å². The summed E-state index contributed by atoms with van der Waals surface area (Å²) in [5.74, 6) is 0.0638. The summed E-state index contributed by atoms with van der Waals surface area (Å²) < 4.78 is 5.43. The normalized spacial score (nSPS) is 20.3. The van der Waals surface area contributed by atoms with E-state index in [9.17, 15) is 4.79 Å². The van der Waals surface area contributed by atoms with E-state index in [1.807, 2.05) is 29.2 Å². The largest absolute Gasteiger partial charge is 0.463 e. The molecular weight excluding hydrogens is 228 g/mol. The van der Waals surface area contributed by atoms with E-state index < -0.39 is 0 Å². The van der Waals surface area contributed by atoms with Gasteiger partial charge in [0.1, 0.15) is 11.8 Å². The van der Waals surface area contributed by atoms with Crippen LogP contribution in [0.5, 0.6) is 0 Å². The topological polar surface area (TPSA) is 45.5 Å². The molecule has 0 radical (unpaired) electrons. The van der Waals surface area contributed by atoms with Crippen LogP contribution in [0.2, 0.25) is 0 Å². The number of hydrogen-bond acceptors (Lipinski definition) is 3. The van der Waals surface area contributed by atoms with Gasteiger partial charge in [-0.15, -0.1) is 0 Å². The molecule has 1 aromatic carbocycles. The highest BCUT2D eigenvalue weighted by molar-refractivity contribution is 6.06. The van der Waals surface area contributed by atoms with E-state index in [0.29, 0.717) is 5.56 Å². The number of piperazine rings is 1. The van der Waals surface area contributed by atoms with Gasteiger partial charge < -0.3 is 14.6 Å². The Morgan fingerprint density at radius 3 is 3.11 bits per heavy atom. The summed E-state index contributed by atoms with van der Waals surface area (Å²) >= 11 is 0. The van der Waals surface area contributed by atoms with E-state index in [0.717, 1.165) is 30.6 Å². The average Bonchev–Trinajstić information content (AvgIpc) is 2.82. The number of hydrogen-bond donors (Lipinski definition) is 1. The van der Waals surface area contributed by atoms with Crippen molar-refractivity contribution in [2.45, 2.75) is 13.0 Å².